The quantitative estimate of drug-likeness (QED) is 0.0936. The molecule has 0 aliphatic rings. The molecule has 0 fully saturated rings. The molecule has 0 bridgehead atoms. The van der Waals surface area contributed by atoms with Crippen LogP contribution in [0.4, 0.5) is 18.0 Å². The highest BCUT2D eigenvalue weighted by Crippen LogP contribution is 2.14. The highest BCUT2D eigenvalue weighted by Gasteiger charge is 2.38. The van der Waals surface area contributed by atoms with Crippen LogP contribution >= 0.6 is 0 Å². The molecular weight excluding hydrogens is 665 g/mol. The first-order chi connectivity index (χ1) is 22.6. The summed E-state index contributed by atoms with van der Waals surface area (Å²) in [6.45, 7) is -0.162. The summed E-state index contributed by atoms with van der Waals surface area (Å²) in [5.41, 5.74) is 7.20. The van der Waals surface area contributed by atoms with Crippen LogP contribution in [0.5, 0.6) is 5.75 Å². The van der Waals surface area contributed by atoms with Crippen molar-refractivity contribution in [1.82, 2.24) is 10.0 Å². The van der Waals surface area contributed by atoms with Gasteiger partial charge < -0.3 is 30.7 Å². The summed E-state index contributed by atoms with van der Waals surface area (Å²) in [4.78, 5) is 48.1. The second-order valence-corrected chi connectivity index (χ2v) is 11.2. The average molecular weight is 697 g/mol. The maximum Gasteiger partial charge on any atom is 0.490 e. The van der Waals surface area contributed by atoms with E-state index < -0.39 is 52.7 Å². The lowest BCUT2D eigenvalue weighted by atomic mass is 10.2. The summed E-state index contributed by atoms with van der Waals surface area (Å²) in [7, 11) is -4.07. The minimum Gasteiger partial charge on any atom is -0.494 e. The number of aliphatic carboxylic acids is 2. The van der Waals surface area contributed by atoms with Crippen LogP contribution in [0.15, 0.2) is 94.8 Å². The lowest BCUT2D eigenvalue weighted by Gasteiger charge is -2.15. The number of sulfonamides is 1. The van der Waals surface area contributed by atoms with E-state index in [2.05, 4.69) is 15.0 Å². The summed E-state index contributed by atoms with van der Waals surface area (Å²) in [5, 5.41) is 18.9. The number of nitrogens with two attached hydrogens (primary N) is 1. The molecule has 0 spiro atoms. The first-order valence-corrected chi connectivity index (χ1v) is 15.2. The molecule has 3 rings (SSSR count). The molecule has 2 amide bonds. The fourth-order valence-corrected chi connectivity index (χ4v) is 4.61. The number of rotatable bonds is 14. The van der Waals surface area contributed by atoms with E-state index in [1.54, 1.807) is 30.3 Å². The van der Waals surface area contributed by atoms with Crippen LogP contribution in [-0.2, 0) is 35.8 Å². The van der Waals surface area contributed by atoms with Gasteiger partial charge in [0, 0.05) is 18.5 Å². The van der Waals surface area contributed by atoms with Crippen molar-refractivity contribution in [3.8, 4) is 5.75 Å². The van der Waals surface area contributed by atoms with Gasteiger partial charge in [-0.2, -0.15) is 22.9 Å². The number of alkyl halides is 3. The van der Waals surface area contributed by atoms with E-state index in [-0.39, 0.29) is 30.4 Å². The number of hydrogen-bond donors (Lipinski definition) is 5. The first kappa shape index (κ1) is 38.7. The number of amidine groups is 1. The number of hydrogen-bond acceptors (Lipinski definition) is 8. The summed E-state index contributed by atoms with van der Waals surface area (Å²) in [6.07, 6.45) is -5.55. The maximum atomic E-state index is 12.4. The molecule has 0 saturated heterocycles. The van der Waals surface area contributed by atoms with Crippen LogP contribution in [0.2, 0.25) is 0 Å². The number of halogens is 3. The number of benzene rings is 3. The van der Waals surface area contributed by atoms with Crippen LogP contribution in [-0.4, -0.2) is 73.8 Å². The van der Waals surface area contributed by atoms with Crippen molar-refractivity contribution in [1.29, 1.82) is 0 Å². The Morgan fingerprint density at radius 1 is 0.896 bits per heavy atom. The molecule has 0 aliphatic heterocycles. The molecule has 3 aromatic rings. The Kier molecular flexibility index (Phi) is 15.0. The number of amides is 2. The monoisotopic (exact) mass is 696 g/mol. The molecule has 48 heavy (non-hydrogen) atoms. The molecule has 18 heteroatoms. The number of carbonyl (C=O) groups is 4. The summed E-state index contributed by atoms with van der Waals surface area (Å²) in [6, 6.07) is 21.4. The summed E-state index contributed by atoms with van der Waals surface area (Å²) in [5.74, 6) is -4.16. The molecular formula is C30H31F3N4O10S. The van der Waals surface area contributed by atoms with Gasteiger partial charge in [0.2, 0.25) is 15.9 Å². The van der Waals surface area contributed by atoms with Crippen molar-refractivity contribution < 1.29 is 60.5 Å². The standard InChI is InChI=1S/C28H30N4O8S.C2HF3O2/c29-26(31-28(36)40-19-20-8-3-1-4-9-20)21-13-15-22(16-14-21)39-17-7-12-25(33)30-18-24(27(34)35)32-41(37,38)23-10-5-2-6-11-23;3-2(4,5)1(6)7/h1-6,8-11,13-16,24,32H,7,12,17-19H2,(H,30,33)(H,34,35)(H2,29,31,36);(H,6,7)/t24-;/m0./s1. The van der Waals surface area contributed by atoms with E-state index in [1.807, 2.05) is 30.3 Å². The highest BCUT2D eigenvalue weighted by atomic mass is 32.2. The van der Waals surface area contributed by atoms with Gasteiger partial charge in [0.1, 0.15) is 24.2 Å². The second kappa shape index (κ2) is 18.6. The predicted octanol–water partition coefficient (Wildman–Crippen LogP) is 3.07. The van der Waals surface area contributed by atoms with Gasteiger partial charge in [-0.1, -0.05) is 48.5 Å². The number of nitrogens with one attached hydrogen (secondary N) is 2. The SMILES string of the molecule is NC(=NC(=O)OCc1ccccc1)c1ccc(OCCCC(=O)NC[C@H](NS(=O)(=O)c2ccccc2)C(=O)O)cc1.O=C(O)C(F)(F)F. The fourth-order valence-electron chi connectivity index (χ4n) is 3.40. The molecule has 0 heterocycles. The van der Waals surface area contributed by atoms with E-state index >= 15 is 0 Å². The topological polar surface area (TPSA) is 224 Å². The number of carboxylic acids is 2. The van der Waals surface area contributed by atoms with Crippen LogP contribution < -0.4 is 20.5 Å². The Morgan fingerprint density at radius 2 is 1.46 bits per heavy atom. The molecule has 0 saturated carbocycles. The predicted molar refractivity (Wildman–Crippen MR) is 163 cm³/mol. The van der Waals surface area contributed by atoms with E-state index in [4.69, 9.17) is 25.1 Å². The molecule has 0 unspecified atom stereocenters. The average Bonchev–Trinajstić information content (AvgIpc) is 3.05. The zero-order chi connectivity index (χ0) is 35.7. The van der Waals surface area contributed by atoms with Crippen molar-refractivity contribution in [2.45, 2.75) is 36.6 Å². The third-order valence-electron chi connectivity index (χ3n) is 5.78. The fraction of sp³-hybridized carbons (Fsp3) is 0.233. The van der Waals surface area contributed by atoms with E-state index in [9.17, 15) is 41.1 Å². The second-order valence-electron chi connectivity index (χ2n) is 9.45. The van der Waals surface area contributed by atoms with Gasteiger partial charge in [0.05, 0.1) is 11.5 Å². The largest absolute Gasteiger partial charge is 0.494 e. The molecule has 6 N–H and O–H groups in total. The lowest BCUT2D eigenvalue weighted by Crippen LogP contribution is -2.48. The molecule has 1 atom stereocenters. The van der Waals surface area contributed by atoms with E-state index in [1.165, 1.54) is 24.3 Å². The minimum atomic E-state index is -5.08. The molecule has 0 radical (unpaired) electrons. The minimum absolute atomic E-state index is 0.0167. The Balaban J connectivity index is 0.00000103. The van der Waals surface area contributed by atoms with Gasteiger partial charge in [-0.05, 0) is 48.4 Å². The van der Waals surface area contributed by atoms with Crippen molar-refractivity contribution >= 4 is 39.8 Å². The highest BCUT2D eigenvalue weighted by molar-refractivity contribution is 7.89. The van der Waals surface area contributed by atoms with Crippen LogP contribution in [0, 0.1) is 0 Å². The van der Waals surface area contributed by atoms with Gasteiger partial charge in [0.15, 0.2) is 0 Å². The Labute approximate surface area is 272 Å². The first-order valence-electron chi connectivity index (χ1n) is 13.7. The molecule has 0 aromatic heterocycles. The number of aliphatic imine (C=N–C) groups is 1. The maximum absolute atomic E-state index is 12.4. The van der Waals surface area contributed by atoms with Gasteiger partial charge in [0.25, 0.3) is 0 Å². The van der Waals surface area contributed by atoms with Crippen molar-refractivity contribution in [2.24, 2.45) is 10.7 Å². The Bertz CT molecular complexity index is 1660. The van der Waals surface area contributed by atoms with Crippen LogP contribution in [0.25, 0.3) is 0 Å². The number of carboxylic acid groups (broad SMARTS) is 2. The Morgan fingerprint density at radius 3 is 2.00 bits per heavy atom. The third-order valence-corrected chi connectivity index (χ3v) is 7.27. The normalized spacial score (nSPS) is 12.1. The van der Waals surface area contributed by atoms with Crippen LogP contribution in [0.1, 0.15) is 24.0 Å². The zero-order valence-corrected chi connectivity index (χ0v) is 25.7. The van der Waals surface area contributed by atoms with Crippen molar-refractivity contribution in [2.75, 3.05) is 13.2 Å². The molecule has 258 valence electrons. The van der Waals surface area contributed by atoms with Crippen LogP contribution in [0.3, 0.4) is 0 Å². The Hall–Kier alpha value is -5.49. The van der Waals surface area contributed by atoms with Crippen molar-refractivity contribution in [3.63, 3.8) is 0 Å². The van der Waals surface area contributed by atoms with Gasteiger partial charge in [-0.25, -0.2) is 18.0 Å². The van der Waals surface area contributed by atoms with Gasteiger partial charge in [-0.3, -0.25) is 9.59 Å². The smallest absolute Gasteiger partial charge is 0.490 e. The number of nitrogens with zero attached hydrogens (tertiary/aromatic N) is 1. The lowest BCUT2D eigenvalue weighted by molar-refractivity contribution is -0.192. The summed E-state index contributed by atoms with van der Waals surface area (Å²) >= 11 is 0. The van der Waals surface area contributed by atoms with E-state index in [0.717, 1.165) is 5.56 Å². The van der Waals surface area contributed by atoms with Crippen molar-refractivity contribution in [3.05, 3.63) is 96.1 Å². The third kappa shape index (κ3) is 14.3. The van der Waals surface area contributed by atoms with Gasteiger partial charge in [-0.15, -0.1) is 0 Å². The van der Waals surface area contributed by atoms with Gasteiger partial charge >= 0.3 is 24.2 Å². The zero-order valence-electron chi connectivity index (χ0n) is 24.9. The molecule has 14 nitrogen and oxygen atoms in total. The molecule has 0 aliphatic carbocycles. The number of ether oxygens (including phenoxy) is 2. The number of carbonyl (C=O) groups excluding carboxylic acids is 2. The molecule has 3 aromatic carbocycles. The van der Waals surface area contributed by atoms with E-state index in [0.29, 0.717) is 17.7 Å². The summed E-state index contributed by atoms with van der Waals surface area (Å²) < 4.78 is 69.3.